The van der Waals surface area contributed by atoms with Crippen LogP contribution in [0.25, 0.3) is 0 Å². The summed E-state index contributed by atoms with van der Waals surface area (Å²) < 4.78 is 21.5. The van der Waals surface area contributed by atoms with Crippen molar-refractivity contribution >= 4 is 5.69 Å². The van der Waals surface area contributed by atoms with Crippen LogP contribution < -0.4 is 4.74 Å². The van der Waals surface area contributed by atoms with E-state index in [2.05, 4.69) is 0 Å². The van der Waals surface area contributed by atoms with Gasteiger partial charge in [-0.1, -0.05) is 0 Å². The summed E-state index contributed by atoms with van der Waals surface area (Å²) in [7, 11) is 0. The molecule has 0 aliphatic carbocycles. The topological polar surface area (TPSA) is 222 Å². The largest absolute Gasteiger partial charge is 0.462 e. The average Bonchev–Trinajstić information content (AvgIpc) is 2.79. The molecule has 2 fully saturated rings. The van der Waals surface area contributed by atoms with E-state index in [-0.39, 0.29) is 11.4 Å². The number of non-ortho nitro benzene ring substituents is 1. The molecule has 32 heavy (non-hydrogen) atoms. The molecule has 14 nitrogen and oxygen atoms in total. The minimum Gasteiger partial charge on any atom is -0.462 e. The molecule has 0 saturated carbocycles. The Morgan fingerprint density at radius 3 is 1.94 bits per heavy atom. The number of rotatable bonds is 7. The van der Waals surface area contributed by atoms with Gasteiger partial charge >= 0.3 is 0 Å². The first-order chi connectivity index (χ1) is 15.2. The Bertz CT molecular complexity index is 760. The molecular formula is C18H25NO13. The number of nitro groups is 1. The molecule has 1 aromatic rings. The van der Waals surface area contributed by atoms with Crippen LogP contribution in [0.5, 0.6) is 5.75 Å². The fourth-order valence-corrected chi connectivity index (χ4v) is 3.43. The van der Waals surface area contributed by atoms with Gasteiger partial charge in [0.1, 0.15) is 54.6 Å². The van der Waals surface area contributed by atoms with Crippen molar-refractivity contribution in [3.05, 3.63) is 34.4 Å². The second kappa shape index (κ2) is 10.3. The molecule has 180 valence electrons. The highest BCUT2D eigenvalue weighted by Crippen LogP contribution is 2.30. The molecule has 10 atom stereocenters. The van der Waals surface area contributed by atoms with Crippen molar-refractivity contribution < 1.29 is 59.6 Å². The van der Waals surface area contributed by atoms with Gasteiger partial charge in [-0.25, -0.2) is 0 Å². The molecule has 2 aliphatic heterocycles. The minimum atomic E-state index is -1.77. The zero-order valence-corrected chi connectivity index (χ0v) is 16.5. The molecule has 0 aromatic heterocycles. The molecule has 14 heteroatoms. The van der Waals surface area contributed by atoms with Crippen LogP contribution in [0.4, 0.5) is 5.69 Å². The maximum atomic E-state index is 10.7. The van der Waals surface area contributed by atoms with Crippen LogP contribution in [0.15, 0.2) is 24.3 Å². The van der Waals surface area contributed by atoms with Crippen molar-refractivity contribution in [1.29, 1.82) is 0 Å². The third-order valence-electron chi connectivity index (χ3n) is 5.26. The third kappa shape index (κ3) is 4.99. The highest BCUT2D eigenvalue weighted by Gasteiger charge is 2.51. The summed E-state index contributed by atoms with van der Waals surface area (Å²) in [6, 6.07) is 4.83. The van der Waals surface area contributed by atoms with Crippen molar-refractivity contribution in [3.8, 4) is 5.75 Å². The first kappa shape index (κ1) is 24.7. The molecule has 1 aromatic carbocycles. The lowest BCUT2D eigenvalue weighted by molar-refractivity contribution is -0.384. The predicted molar refractivity (Wildman–Crippen MR) is 100 cm³/mol. The molecule has 0 amide bonds. The molecular weight excluding hydrogens is 438 g/mol. The van der Waals surface area contributed by atoms with Crippen LogP contribution in [-0.2, 0) is 14.2 Å². The quantitative estimate of drug-likeness (QED) is 0.155. The highest BCUT2D eigenvalue weighted by molar-refractivity contribution is 5.36. The lowest BCUT2D eigenvalue weighted by atomic mass is 9.97. The number of aliphatic hydroxyl groups excluding tert-OH is 7. The normalized spacial score (nSPS) is 40.1. The van der Waals surface area contributed by atoms with E-state index in [0.717, 1.165) is 12.1 Å². The monoisotopic (exact) mass is 463 g/mol. The van der Waals surface area contributed by atoms with Crippen LogP contribution >= 0.6 is 0 Å². The number of nitro benzene ring substituents is 1. The lowest BCUT2D eigenvalue weighted by Gasteiger charge is -2.45. The summed E-state index contributed by atoms with van der Waals surface area (Å²) in [5.74, 6) is 0.0804. The average molecular weight is 463 g/mol. The first-order valence-electron chi connectivity index (χ1n) is 9.67. The summed E-state index contributed by atoms with van der Waals surface area (Å²) in [6.45, 7) is -1.42. The summed E-state index contributed by atoms with van der Waals surface area (Å²) in [5.41, 5.74) is -0.191. The van der Waals surface area contributed by atoms with Gasteiger partial charge in [-0.15, -0.1) is 0 Å². The van der Waals surface area contributed by atoms with Crippen molar-refractivity contribution in [1.82, 2.24) is 0 Å². The van der Waals surface area contributed by atoms with Gasteiger partial charge in [0, 0.05) is 12.1 Å². The van der Waals surface area contributed by atoms with Gasteiger partial charge in [0.15, 0.2) is 6.29 Å². The Balaban J connectivity index is 1.70. The fraction of sp³-hybridized carbons (Fsp3) is 0.667. The van der Waals surface area contributed by atoms with Gasteiger partial charge in [-0.05, 0) is 12.1 Å². The van der Waals surface area contributed by atoms with Crippen molar-refractivity contribution in [2.75, 3.05) is 13.2 Å². The van der Waals surface area contributed by atoms with Crippen LogP contribution in [-0.4, -0.2) is 115 Å². The van der Waals surface area contributed by atoms with Gasteiger partial charge in [0.2, 0.25) is 6.29 Å². The summed E-state index contributed by atoms with van der Waals surface area (Å²) in [5, 5.41) is 80.4. The Labute approximate surface area is 180 Å². The minimum absolute atomic E-state index is 0.0804. The number of hydrogen-bond acceptors (Lipinski definition) is 13. The highest BCUT2D eigenvalue weighted by atomic mass is 16.7. The molecule has 7 N–H and O–H groups in total. The summed E-state index contributed by atoms with van der Waals surface area (Å²) in [4.78, 5) is 10.1. The van der Waals surface area contributed by atoms with Crippen LogP contribution in [0.1, 0.15) is 0 Å². The summed E-state index contributed by atoms with van der Waals surface area (Å²) in [6.07, 6.45) is -15.7. The standard InChI is InChI=1S/C18H25NO13/c20-5-9-11(22)12(23)14(25)18(30-9)32-16-10(6-21)31-17(15(26)13(16)24)29-8-3-1-7(2-4-8)19(27)28/h1-4,9-18,20-26H,5-6H2/t9-,10+,11-,12+,13+,14+,15+,16+,17+,18+/m1/s1. The van der Waals surface area contributed by atoms with E-state index in [1.807, 2.05) is 0 Å². The lowest BCUT2D eigenvalue weighted by Crippen LogP contribution is -2.65. The van der Waals surface area contributed by atoms with E-state index >= 15 is 0 Å². The number of hydrogen-bond donors (Lipinski definition) is 7. The molecule has 3 rings (SSSR count). The first-order valence-corrected chi connectivity index (χ1v) is 9.67. The maximum Gasteiger partial charge on any atom is 0.269 e. The fourth-order valence-electron chi connectivity index (χ4n) is 3.43. The second-order valence-electron chi connectivity index (χ2n) is 7.37. The van der Waals surface area contributed by atoms with Crippen LogP contribution in [0.2, 0.25) is 0 Å². The van der Waals surface area contributed by atoms with E-state index in [0.29, 0.717) is 0 Å². The zero-order valence-electron chi connectivity index (χ0n) is 16.5. The van der Waals surface area contributed by atoms with Crippen LogP contribution in [0, 0.1) is 10.1 Å². The smallest absolute Gasteiger partial charge is 0.269 e. The van der Waals surface area contributed by atoms with Gasteiger partial charge < -0.3 is 54.7 Å². The predicted octanol–water partition coefficient (Wildman–Crippen LogP) is -3.40. The number of aliphatic hydroxyl groups is 7. The Kier molecular flexibility index (Phi) is 7.94. The van der Waals surface area contributed by atoms with Gasteiger partial charge in [0.05, 0.1) is 18.1 Å². The molecule has 2 aliphatic rings. The molecule has 2 saturated heterocycles. The molecule has 2 heterocycles. The Morgan fingerprint density at radius 1 is 0.812 bits per heavy atom. The van der Waals surface area contributed by atoms with Crippen molar-refractivity contribution in [2.45, 2.75) is 61.4 Å². The third-order valence-corrected chi connectivity index (χ3v) is 5.26. The van der Waals surface area contributed by atoms with Crippen molar-refractivity contribution in [2.24, 2.45) is 0 Å². The van der Waals surface area contributed by atoms with Crippen molar-refractivity contribution in [3.63, 3.8) is 0 Å². The maximum absolute atomic E-state index is 10.7. The molecule has 0 unspecified atom stereocenters. The summed E-state index contributed by atoms with van der Waals surface area (Å²) >= 11 is 0. The van der Waals surface area contributed by atoms with Gasteiger partial charge in [-0.2, -0.15) is 0 Å². The second-order valence-corrected chi connectivity index (χ2v) is 7.37. The van der Waals surface area contributed by atoms with E-state index in [1.165, 1.54) is 12.1 Å². The van der Waals surface area contributed by atoms with E-state index < -0.39 is 79.5 Å². The van der Waals surface area contributed by atoms with Gasteiger partial charge in [0.25, 0.3) is 5.69 Å². The Morgan fingerprint density at radius 2 is 1.38 bits per heavy atom. The van der Waals surface area contributed by atoms with E-state index in [1.54, 1.807) is 0 Å². The SMILES string of the molecule is O=[N+]([O-])c1ccc(O[C@H]2O[C@@H](CO)[C@H](O[C@@H]3O[C@H](CO)[C@@H](O)[C@H](O)[C@@H]3O)[C@@H](O)[C@@H]2O)cc1. The van der Waals surface area contributed by atoms with Gasteiger partial charge in [-0.3, -0.25) is 10.1 Å². The van der Waals surface area contributed by atoms with E-state index in [4.69, 9.17) is 18.9 Å². The molecule has 0 spiro atoms. The number of nitrogens with zero attached hydrogens (tertiary/aromatic N) is 1. The van der Waals surface area contributed by atoms with E-state index in [9.17, 15) is 45.9 Å². The number of ether oxygens (including phenoxy) is 4. The number of benzene rings is 1. The van der Waals surface area contributed by atoms with Crippen LogP contribution in [0.3, 0.4) is 0 Å². The zero-order chi connectivity index (χ0) is 23.6. The molecule has 0 radical (unpaired) electrons. The molecule has 0 bridgehead atoms. The Hall–Kier alpha value is -1.98.